The summed E-state index contributed by atoms with van der Waals surface area (Å²) in [5.41, 5.74) is 7.93. The first kappa shape index (κ1) is 21.2. The van der Waals surface area contributed by atoms with E-state index in [1.165, 1.54) is 11.1 Å². The van der Waals surface area contributed by atoms with E-state index in [4.69, 9.17) is 15.0 Å². The average molecular weight is 460 g/mol. The molecule has 172 valence electrons. The van der Waals surface area contributed by atoms with E-state index in [0.717, 1.165) is 22.2 Å². The lowest BCUT2D eigenvalue weighted by Crippen LogP contribution is -2.24. The van der Waals surface area contributed by atoms with Crippen LogP contribution in [0.3, 0.4) is 0 Å². The fraction of sp³-hybridized carbons (Fsp3) is 0.172. The summed E-state index contributed by atoms with van der Waals surface area (Å²) in [5, 5.41) is 0.517. The van der Waals surface area contributed by atoms with Gasteiger partial charge in [0.1, 0.15) is 16.7 Å². The largest absolute Gasteiger partial charge is 0.304 e. The highest BCUT2D eigenvalue weighted by Crippen LogP contribution is 2.26. The molecule has 0 unspecified atom stereocenters. The summed E-state index contributed by atoms with van der Waals surface area (Å²) < 4.78 is 3.76. The maximum Gasteiger partial charge on any atom is 0.265 e. The molecule has 3 aromatic heterocycles. The molecular formula is C29H25N5O. The van der Waals surface area contributed by atoms with Crippen molar-refractivity contribution < 1.29 is 0 Å². The Labute approximate surface area is 202 Å². The number of benzene rings is 3. The Morgan fingerprint density at radius 3 is 1.77 bits per heavy atom. The van der Waals surface area contributed by atoms with Crippen LogP contribution in [-0.4, -0.2) is 24.1 Å². The summed E-state index contributed by atoms with van der Waals surface area (Å²) in [6.45, 7) is 7.03. The van der Waals surface area contributed by atoms with Crippen LogP contribution in [0.5, 0.6) is 0 Å². The summed E-state index contributed by atoms with van der Waals surface area (Å²) >= 11 is 0. The first-order chi connectivity index (χ1) is 17.0. The highest BCUT2D eigenvalue weighted by atomic mass is 16.1. The minimum absolute atomic E-state index is 0.0923. The van der Waals surface area contributed by atoms with Gasteiger partial charge in [-0.1, -0.05) is 71.8 Å². The topological polar surface area (TPSA) is 65.6 Å². The van der Waals surface area contributed by atoms with E-state index in [0.29, 0.717) is 41.1 Å². The van der Waals surface area contributed by atoms with Crippen LogP contribution in [0.25, 0.3) is 33.2 Å². The van der Waals surface area contributed by atoms with Gasteiger partial charge in [0, 0.05) is 0 Å². The molecule has 6 rings (SSSR count). The molecule has 0 atom stereocenters. The molecule has 0 saturated heterocycles. The summed E-state index contributed by atoms with van der Waals surface area (Å²) in [6, 6.07) is 24.4. The van der Waals surface area contributed by atoms with Crippen molar-refractivity contribution in [2.45, 2.75) is 33.9 Å². The third-order valence-electron chi connectivity index (χ3n) is 6.56. The third kappa shape index (κ3) is 3.67. The lowest BCUT2D eigenvalue weighted by atomic mass is 10.1. The lowest BCUT2D eigenvalue weighted by molar-refractivity contribution is 0.707. The lowest BCUT2D eigenvalue weighted by Gasteiger charge is -2.11. The summed E-state index contributed by atoms with van der Waals surface area (Å²) in [4.78, 5) is 28.7. The van der Waals surface area contributed by atoms with E-state index in [1.54, 1.807) is 4.57 Å². The Morgan fingerprint density at radius 1 is 0.629 bits per heavy atom. The van der Waals surface area contributed by atoms with Crippen LogP contribution >= 0.6 is 0 Å². The molecule has 0 radical (unpaired) electrons. The molecule has 0 aliphatic heterocycles. The van der Waals surface area contributed by atoms with E-state index in [2.05, 4.69) is 62.4 Å². The van der Waals surface area contributed by atoms with Crippen LogP contribution in [0.4, 0.5) is 0 Å². The Morgan fingerprint density at radius 2 is 1.17 bits per heavy atom. The zero-order valence-corrected chi connectivity index (χ0v) is 20.0. The predicted octanol–water partition coefficient (Wildman–Crippen LogP) is 5.32. The van der Waals surface area contributed by atoms with Gasteiger partial charge in [-0.05, 0) is 44.0 Å². The van der Waals surface area contributed by atoms with E-state index >= 15 is 0 Å². The summed E-state index contributed by atoms with van der Waals surface area (Å²) in [5.74, 6) is 0.667. The fourth-order valence-corrected chi connectivity index (χ4v) is 4.58. The van der Waals surface area contributed by atoms with Gasteiger partial charge in [0.05, 0.1) is 24.1 Å². The van der Waals surface area contributed by atoms with E-state index in [-0.39, 0.29) is 5.56 Å². The van der Waals surface area contributed by atoms with Crippen molar-refractivity contribution in [3.8, 4) is 0 Å². The van der Waals surface area contributed by atoms with Gasteiger partial charge >= 0.3 is 0 Å². The van der Waals surface area contributed by atoms with Crippen LogP contribution in [0.1, 0.15) is 28.1 Å². The second-order valence-electron chi connectivity index (χ2n) is 9.19. The third-order valence-corrected chi connectivity index (χ3v) is 6.56. The van der Waals surface area contributed by atoms with Crippen molar-refractivity contribution in [2.75, 3.05) is 0 Å². The first-order valence-electron chi connectivity index (χ1n) is 11.7. The molecular weight excluding hydrogens is 434 g/mol. The molecule has 0 fully saturated rings. The monoisotopic (exact) mass is 459 g/mol. The highest BCUT2D eigenvalue weighted by molar-refractivity contribution is 6.04. The molecule has 6 nitrogen and oxygen atoms in total. The number of rotatable bonds is 4. The van der Waals surface area contributed by atoms with Crippen molar-refractivity contribution >= 4 is 33.2 Å². The van der Waals surface area contributed by atoms with Gasteiger partial charge < -0.3 is 4.57 Å². The van der Waals surface area contributed by atoms with Crippen molar-refractivity contribution in [3.05, 3.63) is 111 Å². The number of aromatic nitrogens is 5. The molecule has 0 aliphatic carbocycles. The smallest absolute Gasteiger partial charge is 0.265 e. The zero-order valence-electron chi connectivity index (χ0n) is 20.0. The quantitative estimate of drug-likeness (QED) is 0.358. The normalized spacial score (nSPS) is 11.6. The molecule has 0 saturated carbocycles. The second-order valence-corrected chi connectivity index (χ2v) is 9.19. The molecule has 0 spiro atoms. The minimum Gasteiger partial charge on any atom is -0.304 e. The number of para-hydroxylation sites is 2. The van der Waals surface area contributed by atoms with Crippen molar-refractivity contribution in [2.24, 2.45) is 0 Å². The molecule has 0 amide bonds. The van der Waals surface area contributed by atoms with Crippen LogP contribution in [0.15, 0.2) is 77.6 Å². The maximum atomic E-state index is 13.9. The number of hydrogen-bond donors (Lipinski definition) is 0. The van der Waals surface area contributed by atoms with E-state index < -0.39 is 0 Å². The Bertz CT molecular complexity index is 1780. The molecule has 0 bridgehead atoms. The molecule has 3 heterocycles. The minimum atomic E-state index is -0.0923. The van der Waals surface area contributed by atoms with Gasteiger partial charge in [-0.2, -0.15) is 0 Å². The molecule has 35 heavy (non-hydrogen) atoms. The predicted molar refractivity (Wildman–Crippen MR) is 140 cm³/mol. The number of nitrogens with zero attached hydrogens (tertiary/aromatic N) is 5. The number of fused-ring (bicyclic) bond motifs is 4. The summed E-state index contributed by atoms with van der Waals surface area (Å²) in [7, 11) is 0. The van der Waals surface area contributed by atoms with E-state index in [9.17, 15) is 4.79 Å². The molecule has 0 aliphatic rings. The average Bonchev–Trinajstić information content (AvgIpc) is 3.15. The summed E-state index contributed by atoms with van der Waals surface area (Å²) in [6.07, 6.45) is 0. The van der Waals surface area contributed by atoms with Crippen LogP contribution < -0.4 is 5.56 Å². The number of aryl methyl sites for hydroxylation is 3. The van der Waals surface area contributed by atoms with E-state index in [1.807, 2.05) is 35.8 Å². The zero-order chi connectivity index (χ0) is 24.1. The Balaban J connectivity index is 1.63. The van der Waals surface area contributed by atoms with Crippen LogP contribution in [-0.2, 0) is 13.1 Å². The standard InChI is InChI=1S/C29H25N5O/c1-18-8-12-21(13-9-18)16-33-20(3)30-27-25(29(33)35)26-28(32-24-7-5-4-6-23(24)31-26)34(27)17-22-14-10-19(2)11-15-22/h4-15H,16-17H2,1-3H3. The molecule has 6 heteroatoms. The Hall–Kier alpha value is -4.32. The molecule has 3 aromatic carbocycles. The second kappa shape index (κ2) is 8.17. The SMILES string of the molecule is Cc1ccc(Cn2c(C)nc3c(c2=O)c2nc4ccccc4nc2n3Cc2ccc(C)cc2)cc1. The van der Waals surface area contributed by atoms with Crippen LogP contribution in [0.2, 0.25) is 0 Å². The van der Waals surface area contributed by atoms with Crippen molar-refractivity contribution in [3.63, 3.8) is 0 Å². The van der Waals surface area contributed by atoms with Gasteiger partial charge in [-0.3, -0.25) is 9.36 Å². The maximum absolute atomic E-state index is 13.9. The molecule has 6 aromatic rings. The van der Waals surface area contributed by atoms with Gasteiger partial charge in [0.25, 0.3) is 5.56 Å². The highest BCUT2D eigenvalue weighted by Gasteiger charge is 2.21. The van der Waals surface area contributed by atoms with Gasteiger partial charge in [0.15, 0.2) is 11.3 Å². The molecule has 0 N–H and O–H groups in total. The first-order valence-corrected chi connectivity index (χ1v) is 11.7. The van der Waals surface area contributed by atoms with Gasteiger partial charge in [-0.15, -0.1) is 0 Å². The van der Waals surface area contributed by atoms with Gasteiger partial charge in [0.2, 0.25) is 0 Å². The number of hydrogen-bond acceptors (Lipinski definition) is 4. The van der Waals surface area contributed by atoms with Crippen molar-refractivity contribution in [1.29, 1.82) is 0 Å². The Kier molecular flexibility index (Phi) is 4.95. The van der Waals surface area contributed by atoms with Crippen LogP contribution in [0, 0.1) is 20.8 Å². The van der Waals surface area contributed by atoms with Crippen molar-refractivity contribution in [1.82, 2.24) is 24.1 Å². The van der Waals surface area contributed by atoms with Gasteiger partial charge in [-0.25, -0.2) is 15.0 Å². The fourth-order valence-electron chi connectivity index (χ4n) is 4.58.